The molecule has 1 N–H and O–H groups in total. The Hall–Kier alpha value is -1.95. The first kappa shape index (κ1) is 20.4. The van der Waals surface area contributed by atoms with Crippen molar-refractivity contribution in [3.8, 4) is 17.2 Å². The molecule has 1 aliphatic carbocycles. The van der Waals surface area contributed by atoms with E-state index in [1.807, 2.05) is 0 Å². The minimum absolute atomic E-state index is 0.0306. The molecule has 1 saturated carbocycles. The first-order valence-corrected chi connectivity index (χ1v) is 9.35. The Morgan fingerprint density at radius 3 is 2.27 bits per heavy atom. The number of carbonyl (C=O) groups excluding carboxylic acids is 1. The summed E-state index contributed by atoms with van der Waals surface area (Å²) < 4.78 is 21.8. The fourth-order valence-electron chi connectivity index (χ4n) is 3.27. The number of amides is 1. The van der Waals surface area contributed by atoms with Gasteiger partial charge in [0.15, 0.2) is 11.5 Å². The molecular weight excluding hydrogens is 334 g/mol. The summed E-state index contributed by atoms with van der Waals surface area (Å²) in [5, 5.41) is 2.94. The van der Waals surface area contributed by atoms with Gasteiger partial charge in [0.2, 0.25) is 11.7 Å². The third-order valence-electron chi connectivity index (χ3n) is 4.64. The molecule has 6 nitrogen and oxygen atoms in total. The van der Waals surface area contributed by atoms with E-state index < -0.39 is 0 Å². The van der Waals surface area contributed by atoms with Gasteiger partial charge in [0.25, 0.3) is 0 Å². The van der Waals surface area contributed by atoms with Gasteiger partial charge in [-0.1, -0.05) is 19.3 Å². The van der Waals surface area contributed by atoms with Crippen molar-refractivity contribution in [1.29, 1.82) is 0 Å². The molecule has 0 spiro atoms. The van der Waals surface area contributed by atoms with Gasteiger partial charge in [-0.05, 0) is 37.0 Å². The summed E-state index contributed by atoms with van der Waals surface area (Å²) in [4.78, 5) is 12.2. The van der Waals surface area contributed by atoms with Crippen LogP contribution in [-0.2, 0) is 16.0 Å². The Labute approximate surface area is 156 Å². The van der Waals surface area contributed by atoms with Crippen LogP contribution >= 0.6 is 0 Å². The van der Waals surface area contributed by atoms with Crippen molar-refractivity contribution in [3.05, 3.63) is 17.7 Å². The van der Waals surface area contributed by atoms with E-state index in [9.17, 15) is 4.79 Å². The van der Waals surface area contributed by atoms with Gasteiger partial charge in [-0.25, -0.2) is 0 Å². The van der Waals surface area contributed by atoms with E-state index in [-0.39, 0.29) is 12.3 Å². The first-order valence-electron chi connectivity index (χ1n) is 9.35. The molecule has 6 heteroatoms. The molecule has 0 radical (unpaired) electrons. The highest BCUT2D eigenvalue weighted by molar-refractivity contribution is 5.79. The van der Waals surface area contributed by atoms with E-state index >= 15 is 0 Å². The fraction of sp³-hybridized carbons (Fsp3) is 0.650. The van der Waals surface area contributed by atoms with Crippen LogP contribution in [0.15, 0.2) is 12.1 Å². The van der Waals surface area contributed by atoms with Gasteiger partial charge in [-0.3, -0.25) is 4.79 Å². The van der Waals surface area contributed by atoms with Gasteiger partial charge in [0.05, 0.1) is 33.9 Å². The molecule has 1 fully saturated rings. The molecule has 0 aromatic heterocycles. The lowest BCUT2D eigenvalue weighted by Crippen LogP contribution is -2.27. The zero-order valence-corrected chi connectivity index (χ0v) is 16.1. The zero-order chi connectivity index (χ0) is 18.8. The van der Waals surface area contributed by atoms with Crippen LogP contribution in [0.3, 0.4) is 0 Å². The lowest BCUT2D eigenvalue weighted by molar-refractivity contribution is -0.120. The lowest BCUT2D eigenvalue weighted by atomic mass is 9.98. The van der Waals surface area contributed by atoms with Gasteiger partial charge in [0.1, 0.15) is 0 Å². The molecule has 0 bridgehead atoms. The normalized spacial score (nSPS) is 14.7. The number of rotatable bonds is 10. The molecule has 1 aliphatic rings. The minimum atomic E-state index is -0.0306. The van der Waals surface area contributed by atoms with E-state index in [0.717, 1.165) is 12.0 Å². The molecule has 2 rings (SSSR count). The van der Waals surface area contributed by atoms with Crippen molar-refractivity contribution >= 4 is 5.91 Å². The number of benzene rings is 1. The number of ether oxygens (including phenoxy) is 4. The number of hydrogen-bond acceptors (Lipinski definition) is 5. The molecule has 26 heavy (non-hydrogen) atoms. The summed E-state index contributed by atoms with van der Waals surface area (Å²) >= 11 is 0. The van der Waals surface area contributed by atoms with Crippen molar-refractivity contribution in [2.24, 2.45) is 0 Å². The third kappa shape index (κ3) is 6.09. The molecule has 0 aliphatic heterocycles. The number of hydrogen-bond donors (Lipinski definition) is 1. The second-order valence-electron chi connectivity index (χ2n) is 6.54. The summed E-state index contributed by atoms with van der Waals surface area (Å²) in [7, 11) is 4.68. The summed E-state index contributed by atoms with van der Waals surface area (Å²) in [5.74, 6) is 1.60. The van der Waals surface area contributed by atoms with Gasteiger partial charge < -0.3 is 24.3 Å². The molecule has 0 atom stereocenters. The van der Waals surface area contributed by atoms with Crippen molar-refractivity contribution in [2.45, 2.75) is 51.0 Å². The van der Waals surface area contributed by atoms with Crippen LogP contribution in [0.2, 0.25) is 0 Å². The van der Waals surface area contributed by atoms with Crippen molar-refractivity contribution in [2.75, 3.05) is 34.5 Å². The van der Waals surface area contributed by atoms with Crippen molar-refractivity contribution in [1.82, 2.24) is 5.32 Å². The number of methoxy groups -OCH3 is 3. The Bertz CT molecular complexity index is 544. The van der Waals surface area contributed by atoms with Crippen LogP contribution in [0.5, 0.6) is 17.2 Å². The molecule has 1 amide bonds. The van der Waals surface area contributed by atoms with Gasteiger partial charge in [-0.2, -0.15) is 0 Å². The van der Waals surface area contributed by atoms with Crippen LogP contribution in [0.25, 0.3) is 0 Å². The quantitative estimate of drug-likeness (QED) is 0.646. The lowest BCUT2D eigenvalue weighted by Gasteiger charge is -2.21. The topological polar surface area (TPSA) is 66.0 Å². The molecule has 0 saturated heterocycles. The van der Waals surface area contributed by atoms with Crippen LogP contribution < -0.4 is 19.5 Å². The summed E-state index contributed by atoms with van der Waals surface area (Å²) in [6, 6.07) is 3.60. The predicted molar refractivity (Wildman–Crippen MR) is 100 cm³/mol. The third-order valence-corrected chi connectivity index (χ3v) is 4.64. The van der Waals surface area contributed by atoms with Crippen molar-refractivity contribution < 1.29 is 23.7 Å². The van der Waals surface area contributed by atoms with E-state index in [4.69, 9.17) is 18.9 Å². The Balaban J connectivity index is 1.74. The van der Waals surface area contributed by atoms with Gasteiger partial charge in [-0.15, -0.1) is 0 Å². The van der Waals surface area contributed by atoms with Crippen molar-refractivity contribution in [3.63, 3.8) is 0 Å². The summed E-state index contributed by atoms with van der Waals surface area (Å²) in [6.07, 6.45) is 7.74. The van der Waals surface area contributed by atoms with E-state index in [1.54, 1.807) is 33.5 Å². The van der Waals surface area contributed by atoms with Crippen LogP contribution in [0, 0.1) is 0 Å². The fourth-order valence-corrected chi connectivity index (χ4v) is 3.27. The maximum absolute atomic E-state index is 12.2. The van der Waals surface area contributed by atoms with Crippen LogP contribution in [-0.4, -0.2) is 46.5 Å². The molecular formula is C20H31NO5. The predicted octanol–water partition coefficient (Wildman–Crippen LogP) is 3.11. The summed E-state index contributed by atoms with van der Waals surface area (Å²) in [6.45, 7) is 1.32. The maximum Gasteiger partial charge on any atom is 0.224 e. The highest BCUT2D eigenvalue weighted by Gasteiger charge is 2.15. The highest BCUT2D eigenvalue weighted by Crippen LogP contribution is 2.38. The van der Waals surface area contributed by atoms with Crippen LogP contribution in [0.4, 0.5) is 0 Å². The average Bonchev–Trinajstić information content (AvgIpc) is 2.67. The SMILES string of the molecule is COc1cc(CC(=O)NCCCOC2CCCCC2)cc(OC)c1OC. The van der Waals surface area contributed by atoms with E-state index in [1.165, 1.54) is 32.1 Å². The smallest absolute Gasteiger partial charge is 0.224 e. The van der Waals surface area contributed by atoms with E-state index in [0.29, 0.717) is 36.5 Å². The molecule has 0 unspecified atom stereocenters. The Morgan fingerprint density at radius 1 is 1.04 bits per heavy atom. The molecule has 1 aromatic rings. The van der Waals surface area contributed by atoms with Gasteiger partial charge in [0, 0.05) is 13.2 Å². The second kappa shape index (κ2) is 10.9. The highest BCUT2D eigenvalue weighted by atomic mass is 16.5. The first-order chi connectivity index (χ1) is 12.7. The largest absolute Gasteiger partial charge is 0.493 e. The Kier molecular flexibility index (Phi) is 8.54. The Morgan fingerprint density at radius 2 is 1.69 bits per heavy atom. The maximum atomic E-state index is 12.2. The summed E-state index contributed by atoms with van der Waals surface area (Å²) in [5.41, 5.74) is 0.815. The number of nitrogens with one attached hydrogen (secondary N) is 1. The minimum Gasteiger partial charge on any atom is -0.493 e. The monoisotopic (exact) mass is 365 g/mol. The standard InChI is InChI=1S/C20H31NO5/c1-23-17-12-15(13-18(24-2)20(17)25-3)14-19(22)21-10-7-11-26-16-8-5-4-6-9-16/h12-13,16H,4-11,14H2,1-3H3,(H,21,22). The molecule has 0 heterocycles. The van der Waals surface area contributed by atoms with Gasteiger partial charge >= 0.3 is 0 Å². The molecule has 1 aromatic carbocycles. The van der Waals surface area contributed by atoms with E-state index in [2.05, 4.69) is 5.32 Å². The number of carbonyl (C=O) groups is 1. The zero-order valence-electron chi connectivity index (χ0n) is 16.1. The van der Waals surface area contributed by atoms with Crippen LogP contribution in [0.1, 0.15) is 44.1 Å². The second-order valence-corrected chi connectivity index (χ2v) is 6.54. The average molecular weight is 365 g/mol. The molecule has 146 valence electrons.